The molecule has 0 aliphatic rings. The minimum atomic E-state index is -3.52. The van der Waals surface area contributed by atoms with Gasteiger partial charge in [-0.1, -0.05) is 17.9 Å². The Labute approximate surface area is 125 Å². The molecular weight excluding hydrogens is 292 g/mol. The van der Waals surface area contributed by atoms with Gasteiger partial charge in [0.25, 0.3) is 0 Å². The molecule has 1 atom stereocenters. The Hall–Kier alpha value is -1.00. The summed E-state index contributed by atoms with van der Waals surface area (Å²) in [5.74, 6) is 6.30. The van der Waals surface area contributed by atoms with E-state index in [9.17, 15) is 8.42 Å². The zero-order valence-corrected chi connectivity index (χ0v) is 13.6. The minimum absolute atomic E-state index is 0.117. The molecule has 0 bridgehead atoms. The molecule has 110 valence electrons. The molecule has 4 nitrogen and oxygen atoms in total. The number of nitrogens with one attached hydrogen (secondary N) is 1. The summed E-state index contributed by atoms with van der Waals surface area (Å²) >= 11 is 1.60. The first-order valence-corrected chi connectivity index (χ1v) is 9.09. The fourth-order valence-electron chi connectivity index (χ4n) is 1.73. The summed E-state index contributed by atoms with van der Waals surface area (Å²) in [5, 5.41) is 0. The van der Waals surface area contributed by atoms with Crippen molar-refractivity contribution in [3.63, 3.8) is 0 Å². The van der Waals surface area contributed by atoms with Crippen molar-refractivity contribution in [2.45, 2.75) is 24.8 Å². The summed E-state index contributed by atoms with van der Waals surface area (Å²) in [5.41, 5.74) is 6.68. The highest BCUT2D eigenvalue weighted by atomic mass is 32.2. The van der Waals surface area contributed by atoms with Gasteiger partial charge >= 0.3 is 0 Å². The maximum Gasteiger partial charge on any atom is 0.241 e. The smallest absolute Gasteiger partial charge is 0.241 e. The third-order valence-electron chi connectivity index (χ3n) is 2.59. The first kappa shape index (κ1) is 17.1. The van der Waals surface area contributed by atoms with Crippen LogP contribution in [0.25, 0.3) is 0 Å². The van der Waals surface area contributed by atoms with Crippen molar-refractivity contribution in [1.29, 1.82) is 0 Å². The summed E-state index contributed by atoms with van der Waals surface area (Å²) in [6.45, 7) is 3.87. The first-order chi connectivity index (χ1) is 9.40. The van der Waals surface area contributed by atoms with E-state index in [1.54, 1.807) is 36.9 Å². The number of hydrogen-bond acceptors (Lipinski definition) is 4. The van der Waals surface area contributed by atoms with Gasteiger partial charge in [0.2, 0.25) is 10.0 Å². The largest absolute Gasteiger partial charge is 0.320 e. The maximum atomic E-state index is 12.4. The standard InChI is InChI=1S/C14H20N2O2S2/c1-11-6-7-13(5-4-8-15)9-14(11)20(17,18)16-12(2)10-19-3/h6-7,9,12,16H,8,10,15H2,1-3H3. The lowest BCUT2D eigenvalue weighted by atomic mass is 10.1. The second kappa shape index (κ2) is 7.70. The third kappa shape index (κ3) is 4.84. The molecule has 0 heterocycles. The second-order valence-corrected chi connectivity index (χ2v) is 7.06. The number of nitrogens with two attached hydrogens (primary N) is 1. The highest BCUT2D eigenvalue weighted by Crippen LogP contribution is 2.17. The van der Waals surface area contributed by atoms with Gasteiger partial charge in [-0.15, -0.1) is 0 Å². The van der Waals surface area contributed by atoms with Gasteiger partial charge in [0.15, 0.2) is 0 Å². The van der Waals surface area contributed by atoms with Crippen LogP contribution < -0.4 is 10.5 Å². The van der Waals surface area contributed by atoms with Gasteiger partial charge in [-0.2, -0.15) is 11.8 Å². The van der Waals surface area contributed by atoms with Crippen LogP contribution in [0.15, 0.2) is 23.1 Å². The predicted molar refractivity (Wildman–Crippen MR) is 85.3 cm³/mol. The molecule has 0 saturated heterocycles. The number of hydrogen-bond donors (Lipinski definition) is 2. The van der Waals surface area contributed by atoms with Crippen LogP contribution in [0.3, 0.4) is 0 Å². The number of sulfonamides is 1. The molecule has 0 amide bonds. The van der Waals surface area contributed by atoms with Gasteiger partial charge in [-0.3, -0.25) is 0 Å². The Kier molecular flexibility index (Phi) is 6.56. The molecule has 3 N–H and O–H groups in total. The molecule has 1 rings (SSSR count). The average Bonchev–Trinajstić information content (AvgIpc) is 2.37. The normalized spacial score (nSPS) is 12.6. The van der Waals surface area contributed by atoms with E-state index >= 15 is 0 Å². The van der Waals surface area contributed by atoms with Crippen LogP contribution in [0.2, 0.25) is 0 Å². The summed E-state index contributed by atoms with van der Waals surface area (Å²) < 4.78 is 27.4. The van der Waals surface area contributed by atoms with E-state index in [4.69, 9.17) is 5.73 Å². The van der Waals surface area contributed by atoms with Gasteiger partial charge in [0.05, 0.1) is 11.4 Å². The molecule has 0 saturated carbocycles. The molecule has 0 radical (unpaired) electrons. The van der Waals surface area contributed by atoms with Gasteiger partial charge in [-0.25, -0.2) is 13.1 Å². The second-order valence-electron chi connectivity index (χ2n) is 4.46. The van der Waals surface area contributed by atoms with E-state index in [0.717, 1.165) is 5.75 Å². The Bertz CT molecular complexity index is 616. The molecule has 0 aliphatic heterocycles. The average molecular weight is 312 g/mol. The van der Waals surface area contributed by atoms with E-state index in [-0.39, 0.29) is 17.5 Å². The van der Waals surface area contributed by atoms with Crippen LogP contribution >= 0.6 is 11.8 Å². The van der Waals surface area contributed by atoms with Crippen LogP contribution in [0.5, 0.6) is 0 Å². The zero-order valence-electron chi connectivity index (χ0n) is 11.9. The first-order valence-electron chi connectivity index (χ1n) is 6.21. The lowest BCUT2D eigenvalue weighted by Crippen LogP contribution is -2.34. The van der Waals surface area contributed by atoms with Crippen molar-refractivity contribution in [3.05, 3.63) is 29.3 Å². The van der Waals surface area contributed by atoms with Crippen LogP contribution in [-0.2, 0) is 10.0 Å². The van der Waals surface area contributed by atoms with E-state index in [2.05, 4.69) is 16.6 Å². The van der Waals surface area contributed by atoms with E-state index in [1.807, 2.05) is 13.2 Å². The SMILES string of the molecule is CSCC(C)NS(=O)(=O)c1cc(C#CCN)ccc1C. The fourth-order valence-corrected chi connectivity index (χ4v) is 3.94. The highest BCUT2D eigenvalue weighted by Gasteiger charge is 2.19. The van der Waals surface area contributed by atoms with Gasteiger partial charge in [0, 0.05) is 17.4 Å². The molecule has 6 heteroatoms. The van der Waals surface area contributed by atoms with Crippen molar-refractivity contribution in [2.24, 2.45) is 5.73 Å². The molecular formula is C14H20N2O2S2. The van der Waals surface area contributed by atoms with Crippen LogP contribution in [-0.4, -0.2) is 33.0 Å². The third-order valence-corrected chi connectivity index (χ3v) is 5.15. The predicted octanol–water partition coefficient (Wildman–Crippen LogP) is 1.34. The van der Waals surface area contributed by atoms with Crippen molar-refractivity contribution in [2.75, 3.05) is 18.6 Å². The molecule has 0 fully saturated rings. The Balaban J connectivity index is 3.10. The van der Waals surface area contributed by atoms with E-state index < -0.39 is 10.0 Å². The fraction of sp³-hybridized carbons (Fsp3) is 0.429. The molecule has 1 aromatic rings. The van der Waals surface area contributed by atoms with Gasteiger partial charge < -0.3 is 5.73 Å². The maximum absolute atomic E-state index is 12.4. The summed E-state index contributed by atoms with van der Waals surface area (Å²) in [6.07, 6.45) is 1.94. The molecule has 0 aromatic heterocycles. The minimum Gasteiger partial charge on any atom is -0.320 e. The summed E-state index contributed by atoms with van der Waals surface area (Å²) in [7, 11) is -3.52. The van der Waals surface area contributed by atoms with Crippen LogP contribution in [0.4, 0.5) is 0 Å². The lowest BCUT2D eigenvalue weighted by Gasteiger charge is -2.14. The number of benzene rings is 1. The number of rotatable bonds is 5. The number of aryl methyl sites for hydroxylation is 1. The van der Waals surface area contributed by atoms with Crippen molar-refractivity contribution in [1.82, 2.24) is 4.72 Å². The Morgan fingerprint density at radius 1 is 1.45 bits per heavy atom. The van der Waals surface area contributed by atoms with Crippen molar-refractivity contribution >= 4 is 21.8 Å². The summed E-state index contributed by atoms with van der Waals surface area (Å²) in [6, 6.07) is 5.02. The Morgan fingerprint density at radius 3 is 2.75 bits per heavy atom. The molecule has 1 aromatic carbocycles. The van der Waals surface area contributed by atoms with Crippen LogP contribution in [0, 0.1) is 18.8 Å². The van der Waals surface area contributed by atoms with Gasteiger partial charge in [0.1, 0.15) is 0 Å². The molecule has 1 unspecified atom stereocenters. The number of thioether (sulfide) groups is 1. The van der Waals surface area contributed by atoms with Crippen LogP contribution in [0.1, 0.15) is 18.1 Å². The topological polar surface area (TPSA) is 72.2 Å². The van der Waals surface area contributed by atoms with Crippen molar-refractivity contribution < 1.29 is 8.42 Å². The van der Waals surface area contributed by atoms with E-state index in [1.165, 1.54) is 0 Å². The summed E-state index contributed by atoms with van der Waals surface area (Å²) in [4.78, 5) is 0.272. The highest BCUT2D eigenvalue weighted by molar-refractivity contribution is 7.98. The molecule has 0 spiro atoms. The monoisotopic (exact) mass is 312 g/mol. The van der Waals surface area contributed by atoms with Crippen molar-refractivity contribution in [3.8, 4) is 11.8 Å². The van der Waals surface area contributed by atoms with E-state index in [0.29, 0.717) is 11.1 Å². The quantitative estimate of drug-likeness (QED) is 0.805. The Morgan fingerprint density at radius 2 is 2.15 bits per heavy atom. The molecule has 0 aliphatic carbocycles. The molecule has 20 heavy (non-hydrogen) atoms. The zero-order chi connectivity index (χ0) is 15.2. The van der Waals surface area contributed by atoms with Gasteiger partial charge in [-0.05, 0) is 37.8 Å². The lowest BCUT2D eigenvalue weighted by molar-refractivity contribution is 0.570.